The van der Waals surface area contributed by atoms with E-state index in [1.807, 2.05) is 12.3 Å². The van der Waals surface area contributed by atoms with E-state index in [1.54, 1.807) is 0 Å². The van der Waals surface area contributed by atoms with Gasteiger partial charge in [-0.2, -0.15) is 6.07 Å². The number of ether oxygens (including phenoxy) is 1. The zero-order valence-electron chi connectivity index (χ0n) is 47.6. The van der Waals surface area contributed by atoms with Gasteiger partial charge >= 0.3 is 0 Å². The molecule has 0 atom stereocenters. The molecule has 0 saturated heterocycles. The summed E-state index contributed by atoms with van der Waals surface area (Å²) in [5.41, 5.74) is 15.2. The van der Waals surface area contributed by atoms with Crippen molar-refractivity contribution >= 4 is 33.2 Å². The predicted molar refractivity (Wildman–Crippen MR) is 333 cm³/mol. The summed E-state index contributed by atoms with van der Waals surface area (Å²) in [5.74, 6) is 1.96. The molecule has 0 bridgehead atoms. The Kier molecular flexibility index (Phi) is 14.6. The molecule has 3 heterocycles. The third-order valence-electron chi connectivity index (χ3n) is 16.4. The van der Waals surface area contributed by atoms with Crippen LogP contribution in [0.25, 0.3) is 49.9 Å². The van der Waals surface area contributed by atoms with E-state index in [-0.39, 0.29) is 31.9 Å². The van der Waals surface area contributed by atoms with Gasteiger partial charge in [-0.15, -0.1) is 53.6 Å². The number of para-hydroxylation sites is 1. The van der Waals surface area contributed by atoms with Gasteiger partial charge in [-0.05, 0) is 85.6 Å². The Balaban J connectivity index is 0.00000690. The van der Waals surface area contributed by atoms with E-state index in [9.17, 15) is 0 Å². The Hall–Kier alpha value is -8.24. The number of anilines is 2. The molecular formula is C75H67N4OPt-3. The fourth-order valence-electron chi connectivity index (χ4n) is 11.7. The second-order valence-electron chi connectivity index (χ2n) is 23.8. The summed E-state index contributed by atoms with van der Waals surface area (Å²) in [6.07, 6.45) is 1.93. The van der Waals surface area contributed by atoms with Crippen LogP contribution < -0.4 is 14.5 Å². The number of nitrogens with zero attached hydrogens (tertiary/aromatic N) is 4. The average molecular weight is 1240 g/mol. The molecule has 1 aliphatic rings. The fraction of sp³-hybridized carbons (Fsp3) is 0.173. The van der Waals surface area contributed by atoms with Gasteiger partial charge in [0, 0.05) is 77.6 Å². The number of hydrogen-bond acceptors (Lipinski definition) is 4. The Bertz CT molecular complexity index is 4070. The number of allylic oxidation sites excluding steroid dienone is 2. The summed E-state index contributed by atoms with van der Waals surface area (Å²) in [5, 5.41) is 2.18. The van der Waals surface area contributed by atoms with Gasteiger partial charge in [-0.3, -0.25) is 0 Å². The third-order valence-corrected chi connectivity index (χ3v) is 16.4. The van der Waals surface area contributed by atoms with Crippen molar-refractivity contribution < 1.29 is 25.8 Å². The number of rotatable bonds is 13. The minimum atomic E-state index is -0.538. The fourth-order valence-corrected chi connectivity index (χ4v) is 11.7. The van der Waals surface area contributed by atoms with Crippen molar-refractivity contribution in [3.63, 3.8) is 0 Å². The molecule has 0 N–H and O–H groups in total. The van der Waals surface area contributed by atoms with Gasteiger partial charge in [-0.1, -0.05) is 244 Å². The van der Waals surface area contributed by atoms with E-state index in [1.165, 1.54) is 44.6 Å². The van der Waals surface area contributed by atoms with Gasteiger partial charge in [0.25, 0.3) is 0 Å². The molecule has 9 aromatic carbocycles. The first kappa shape index (κ1) is 54.7. The first-order chi connectivity index (χ1) is 38.6. The van der Waals surface area contributed by atoms with Crippen LogP contribution in [0.15, 0.2) is 248 Å². The van der Waals surface area contributed by atoms with E-state index >= 15 is 0 Å². The third kappa shape index (κ3) is 10.3. The molecule has 0 saturated carbocycles. The van der Waals surface area contributed by atoms with Gasteiger partial charge in [0.2, 0.25) is 0 Å². The van der Waals surface area contributed by atoms with Crippen molar-refractivity contribution in [3.05, 3.63) is 295 Å². The van der Waals surface area contributed by atoms with Gasteiger partial charge in [0.1, 0.15) is 5.82 Å². The zero-order chi connectivity index (χ0) is 55.4. The minimum Gasteiger partial charge on any atom is -0.509 e. The van der Waals surface area contributed by atoms with Crippen molar-refractivity contribution in [1.82, 2.24) is 9.55 Å². The molecule has 6 heteroatoms. The Labute approximate surface area is 493 Å². The maximum Gasteiger partial charge on any atom is 0.135 e. The van der Waals surface area contributed by atoms with Gasteiger partial charge in [-0.25, -0.2) is 4.98 Å². The molecule has 406 valence electrons. The quantitative estimate of drug-likeness (QED) is 0.108. The van der Waals surface area contributed by atoms with Crippen molar-refractivity contribution in [2.24, 2.45) is 0 Å². The normalized spacial score (nSPS) is 13.2. The maximum atomic E-state index is 7.15. The van der Waals surface area contributed by atoms with Crippen LogP contribution in [-0.2, 0) is 42.7 Å². The van der Waals surface area contributed by atoms with E-state index in [0.29, 0.717) is 11.5 Å². The van der Waals surface area contributed by atoms with E-state index in [0.717, 1.165) is 55.8 Å². The first-order valence-corrected chi connectivity index (χ1v) is 27.8. The minimum absolute atomic E-state index is 0. The summed E-state index contributed by atoms with van der Waals surface area (Å²) < 4.78 is 9.38. The van der Waals surface area contributed by atoms with Crippen LogP contribution in [0.1, 0.15) is 90.1 Å². The van der Waals surface area contributed by atoms with Crippen LogP contribution in [0, 0.1) is 18.8 Å². The summed E-state index contributed by atoms with van der Waals surface area (Å²) in [6.45, 7) is 23.2. The number of pyridine rings is 1. The molecule has 0 amide bonds. The van der Waals surface area contributed by atoms with Crippen molar-refractivity contribution in [3.8, 4) is 39.6 Å². The molecule has 11 aromatic rings. The summed E-state index contributed by atoms with van der Waals surface area (Å²) in [6, 6.07) is 90.1. The molecule has 1 aliphatic heterocycles. The number of hydrogen-bond donors (Lipinski definition) is 0. The maximum absolute atomic E-state index is 7.15. The predicted octanol–water partition coefficient (Wildman–Crippen LogP) is 19.1. The van der Waals surface area contributed by atoms with Crippen molar-refractivity contribution in [2.75, 3.05) is 9.80 Å². The van der Waals surface area contributed by atoms with Crippen LogP contribution in [-0.4, -0.2) is 9.55 Å². The van der Waals surface area contributed by atoms with Crippen LogP contribution >= 0.6 is 0 Å². The van der Waals surface area contributed by atoms with Crippen molar-refractivity contribution in [2.45, 2.75) is 84.0 Å². The summed E-state index contributed by atoms with van der Waals surface area (Å²) in [7, 11) is 0. The molecule has 81 heavy (non-hydrogen) atoms. The SMILES string of the molecule is CC(C)(C)c1cc(-c2ccccc2)cc(N2[CH-]N(c3[c-]c(Oc4[c-]c5c(cc4)c4ccccc4n5-c4cc(C(C)(C)c5ccccc5)ccn4)cc(-c4ccccc4)c3)C(C(C)(C)c3ccccc3)=C2C(C)(C)c2ccccc2)c1.[Pt]. The van der Waals surface area contributed by atoms with E-state index in [4.69, 9.17) is 9.72 Å². The second kappa shape index (κ2) is 21.7. The Morgan fingerprint density at radius 1 is 0.407 bits per heavy atom. The molecule has 0 radical (unpaired) electrons. The summed E-state index contributed by atoms with van der Waals surface area (Å²) >= 11 is 0. The van der Waals surface area contributed by atoms with E-state index < -0.39 is 10.8 Å². The Morgan fingerprint density at radius 2 is 0.926 bits per heavy atom. The summed E-state index contributed by atoms with van der Waals surface area (Å²) in [4.78, 5) is 9.89. The number of fused-ring (bicyclic) bond motifs is 3. The molecule has 0 aliphatic carbocycles. The van der Waals surface area contributed by atoms with E-state index in [2.05, 4.69) is 320 Å². The monoisotopic (exact) mass is 1230 g/mol. The Morgan fingerprint density at radius 3 is 1.51 bits per heavy atom. The molecule has 0 unspecified atom stereocenters. The van der Waals surface area contributed by atoms with Crippen LogP contribution in [0.2, 0.25) is 0 Å². The molecule has 5 nitrogen and oxygen atoms in total. The molecule has 0 fully saturated rings. The first-order valence-electron chi connectivity index (χ1n) is 27.8. The van der Waals surface area contributed by atoms with Crippen LogP contribution in [0.4, 0.5) is 11.4 Å². The smallest absolute Gasteiger partial charge is 0.135 e. The van der Waals surface area contributed by atoms with Gasteiger partial charge in [0.05, 0.1) is 0 Å². The number of benzene rings is 9. The van der Waals surface area contributed by atoms with Gasteiger partial charge < -0.3 is 19.1 Å². The molecule has 12 rings (SSSR count). The topological polar surface area (TPSA) is 33.5 Å². The molecular weight excluding hydrogens is 1170 g/mol. The average Bonchev–Trinajstić information content (AvgIpc) is 4.18. The zero-order valence-corrected chi connectivity index (χ0v) is 49.9. The second-order valence-corrected chi connectivity index (χ2v) is 23.8. The standard InChI is InChI=1S/C75H67N4O.Pt/c1-72(2,3)60-43-54(52-27-15-10-16-28-52)44-61(47-60)77-51-78(71(75(8,9)58-35-23-14-24-36-58)70(77)74(6,7)57-33-21-13-22-34-57)62-45-55(53-29-17-11-18-30-53)46-64(49-62)80-63-39-40-66-65-37-25-26-38-67(65)79(68(66)50-63)69-48-59(41-42-76-69)73(4,5)56-31-19-12-20-32-56;/h10-48,51H,1-9H3;/q-3;. The largest absolute Gasteiger partial charge is 0.509 e. The van der Waals surface area contributed by atoms with Crippen LogP contribution in [0.5, 0.6) is 11.5 Å². The van der Waals surface area contributed by atoms with Crippen molar-refractivity contribution in [1.29, 1.82) is 0 Å². The molecule has 2 aromatic heterocycles. The van der Waals surface area contributed by atoms with Crippen LogP contribution in [0.3, 0.4) is 0 Å². The molecule has 0 spiro atoms. The van der Waals surface area contributed by atoms with Gasteiger partial charge in [0.15, 0.2) is 0 Å². The number of aromatic nitrogens is 2.